The van der Waals surface area contributed by atoms with Crippen molar-refractivity contribution in [3.63, 3.8) is 0 Å². The van der Waals surface area contributed by atoms with E-state index in [-0.39, 0.29) is 37.6 Å². The van der Waals surface area contributed by atoms with E-state index < -0.39 is 23.9 Å². The van der Waals surface area contributed by atoms with Crippen LogP contribution in [0.3, 0.4) is 0 Å². The Bertz CT molecular complexity index is 702. The quantitative estimate of drug-likeness (QED) is 0.339. The SMILES string of the molecule is C=C(C)C(=O)OCCOCCOC(=O)C(=C)C.O=C(O)c1ccccc1C(=O)O. The van der Waals surface area contributed by atoms with Crippen LogP contribution in [-0.4, -0.2) is 60.5 Å². The van der Waals surface area contributed by atoms with E-state index in [4.69, 9.17) is 24.4 Å². The van der Waals surface area contributed by atoms with Crippen molar-refractivity contribution >= 4 is 23.9 Å². The molecule has 29 heavy (non-hydrogen) atoms. The molecule has 0 aliphatic rings. The lowest BCUT2D eigenvalue weighted by atomic mass is 10.1. The van der Waals surface area contributed by atoms with Gasteiger partial charge in [-0.2, -0.15) is 0 Å². The van der Waals surface area contributed by atoms with Gasteiger partial charge in [-0.3, -0.25) is 0 Å². The number of hydrogen-bond acceptors (Lipinski definition) is 7. The highest BCUT2D eigenvalue weighted by Crippen LogP contribution is 2.07. The molecule has 1 aromatic rings. The number of aromatic carboxylic acids is 2. The van der Waals surface area contributed by atoms with Gasteiger partial charge >= 0.3 is 23.9 Å². The molecule has 0 amide bonds. The first kappa shape index (κ1) is 25.5. The Labute approximate surface area is 168 Å². The van der Waals surface area contributed by atoms with E-state index in [1.807, 2.05) is 0 Å². The van der Waals surface area contributed by atoms with Crippen LogP contribution >= 0.6 is 0 Å². The summed E-state index contributed by atoms with van der Waals surface area (Å²) in [6, 6.07) is 5.48. The first-order valence-corrected chi connectivity index (χ1v) is 8.36. The van der Waals surface area contributed by atoms with Crippen molar-refractivity contribution in [2.45, 2.75) is 13.8 Å². The van der Waals surface area contributed by atoms with Gasteiger partial charge in [0.2, 0.25) is 0 Å². The maximum absolute atomic E-state index is 10.9. The summed E-state index contributed by atoms with van der Waals surface area (Å²) in [5.74, 6) is -3.34. The first-order valence-electron chi connectivity index (χ1n) is 8.36. The molecule has 0 radical (unpaired) electrons. The molecule has 0 aromatic heterocycles. The third-order valence-electron chi connectivity index (χ3n) is 3.01. The summed E-state index contributed by atoms with van der Waals surface area (Å²) in [6.45, 7) is 10.8. The summed E-state index contributed by atoms with van der Waals surface area (Å²) >= 11 is 0. The third kappa shape index (κ3) is 11.1. The second-order valence-corrected chi connectivity index (χ2v) is 5.60. The van der Waals surface area contributed by atoms with Crippen LogP contribution in [0.2, 0.25) is 0 Å². The molecule has 0 heterocycles. The molecule has 0 fully saturated rings. The van der Waals surface area contributed by atoms with E-state index in [9.17, 15) is 19.2 Å². The molecule has 0 atom stereocenters. The summed E-state index contributed by atoms with van der Waals surface area (Å²) < 4.78 is 14.6. The predicted molar refractivity (Wildman–Crippen MR) is 103 cm³/mol. The second kappa shape index (κ2) is 13.7. The molecule has 0 bridgehead atoms. The number of benzene rings is 1. The molecule has 2 N–H and O–H groups in total. The van der Waals surface area contributed by atoms with Gasteiger partial charge in [0, 0.05) is 11.1 Å². The molecule has 9 nitrogen and oxygen atoms in total. The fourth-order valence-electron chi connectivity index (χ4n) is 1.59. The zero-order valence-electron chi connectivity index (χ0n) is 16.3. The summed E-state index contributed by atoms with van der Waals surface area (Å²) in [5, 5.41) is 17.1. The number of ether oxygens (including phenoxy) is 3. The molecule has 158 valence electrons. The van der Waals surface area contributed by atoms with E-state index in [2.05, 4.69) is 13.2 Å². The highest BCUT2D eigenvalue weighted by molar-refractivity contribution is 6.01. The summed E-state index contributed by atoms with van der Waals surface area (Å²) in [7, 11) is 0. The van der Waals surface area contributed by atoms with Gasteiger partial charge in [0.05, 0.1) is 24.3 Å². The van der Waals surface area contributed by atoms with Crippen LogP contribution in [0, 0.1) is 0 Å². The molecular weight excluding hydrogens is 384 g/mol. The zero-order chi connectivity index (χ0) is 22.4. The van der Waals surface area contributed by atoms with Gasteiger partial charge in [0.25, 0.3) is 0 Å². The standard InChI is InChI=1S/C12H18O5.C8H6O4/c1-9(2)11(13)16-7-5-15-6-8-17-12(14)10(3)4;9-7(10)5-3-1-2-4-6(5)8(11)12/h1,3,5-8H2,2,4H3;1-4H,(H,9,10)(H,11,12). The highest BCUT2D eigenvalue weighted by Gasteiger charge is 2.13. The number of carboxylic acid groups (broad SMARTS) is 2. The van der Waals surface area contributed by atoms with Crippen LogP contribution in [-0.2, 0) is 23.8 Å². The van der Waals surface area contributed by atoms with Crippen molar-refractivity contribution in [2.24, 2.45) is 0 Å². The van der Waals surface area contributed by atoms with Crippen LogP contribution in [0.1, 0.15) is 34.6 Å². The maximum atomic E-state index is 10.9. The first-order chi connectivity index (χ1) is 13.6. The average Bonchev–Trinajstić information content (AvgIpc) is 2.66. The molecule has 9 heteroatoms. The molecule has 0 saturated heterocycles. The third-order valence-corrected chi connectivity index (χ3v) is 3.01. The Morgan fingerprint density at radius 3 is 1.38 bits per heavy atom. The summed E-state index contributed by atoms with van der Waals surface area (Å²) in [5.41, 5.74) is 0.316. The predicted octanol–water partition coefficient (Wildman–Crippen LogP) is 2.32. The van der Waals surface area contributed by atoms with Crippen molar-refractivity contribution in [2.75, 3.05) is 26.4 Å². The van der Waals surface area contributed by atoms with E-state index >= 15 is 0 Å². The Kier molecular flexibility index (Phi) is 12.0. The summed E-state index contributed by atoms with van der Waals surface area (Å²) in [6.07, 6.45) is 0. The fraction of sp³-hybridized carbons (Fsp3) is 0.300. The van der Waals surface area contributed by atoms with Crippen molar-refractivity contribution in [1.29, 1.82) is 0 Å². The number of rotatable bonds is 10. The van der Waals surface area contributed by atoms with Gasteiger partial charge in [0.15, 0.2) is 0 Å². The van der Waals surface area contributed by atoms with Gasteiger partial charge in [-0.15, -0.1) is 0 Å². The Morgan fingerprint density at radius 2 is 1.10 bits per heavy atom. The minimum atomic E-state index is -1.23. The van der Waals surface area contributed by atoms with Gasteiger partial charge in [0.1, 0.15) is 13.2 Å². The highest BCUT2D eigenvalue weighted by atomic mass is 16.6. The summed E-state index contributed by atoms with van der Waals surface area (Å²) in [4.78, 5) is 42.8. The van der Waals surface area contributed by atoms with Crippen LogP contribution < -0.4 is 0 Å². The van der Waals surface area contributed by atoms with E-state index in [0.717, 1.165) is 0 Å². The zero-order valence-corrected chi connectivity index (χ0v) is 16.3. The van der Waals surface area contributed by atoms with Crippen molar-refractivity contribution in [1.82, 2.24) is 0 Å². The molecular formula is C20H24O9. The van der Waals surface area contributed by atoms with E-state index in [1.165, 1.54) is 24.3 Å². The fourth-order valence-corrected chi connectivity index (χ4v) is 1.59. The van der Waals surface area contributed by atoms with Gasteiger partial charge in [-0.25, -0.2) is 19.2 Å². The Morgan fingerprint density at radius 1 is 0.759 bits per heavy atom. The van der Waals surface area contributed by atoms with Crippen LogP contribution in [0.5, 0.6) is 0 Å². The second-order valence-electron chi connectivity index (χ2n) is 5.60. The molecule has 0 aliphatic carbocycles. The lowest BCUT2D eigenvalue weighted by Crippen LogP contribution is -2.14. The lowest BCUT2D eigenvalue weighted by molar-refractivity contribution is -0.141. The average molecular weight is 408 g/mol. The van der Waals surface area contributed by atoms with Crippen LogP contribution in [0.25, 0.3) is 0 Å². The molecule has 0 saturated carbocycles. The van der Waals surface area contributed by atoms with Crippen LogP contribution in [0.15, 0.2) is 48.6 Å². The molecule has 0 spiro atoms. The van der Waals surface area contributed by atoms with Gasteiger partial charge in [-0.05, 0) is 26.0 Å². The molecule has 0 unspecified atom stereocenters. The monoisotopic (exact) mass is 408 g/mol. The molecule has 1 aromatic carbocycles. The normalized spacial score (nSPS) is 9.45. The largest absolute Gasteiger partial charge is 0.478 e. The Balaban J connectivity index is 0.000000571. The van der Waals surface area contributed by atoms with Crippen LogP contribution in [0.4, 0.5) is 0 Å². The number of carbonyl (C=O) groups is 4. The van der Waals surface area contributed by atoms with Gasteiger partial charge in [-0.1, -0.05) is 25.3 Å². The maximum Gasteiger partial charge on any atom is 0.336 e. The molecule has 0 aliphatic heterocycles. The van der Waals surface area contributed by atoms with Crippen molar-refractivity contribution in [3.05, 3.63) is 59.7 Å². The lowest BCUT2D eigenvalue weighted by Gasteiger charge is -2.06. The molecule has 1 rings (SSSR count). The minimum absolute atomic E-state index is 0.153. The van der Waals surface area contributed by atoms with Gasteiger partial charge < -0.3 is 24.4 Å². The van der Waals surface area contributed by atoms with E-state index in [1.54, 1.807) is 13.8 Å². The van der Waals surface area contributed by atoms with Crippen molar-refractivity contribution in [3.8, 4) is 0 Å². The number of carbonyl (C=O) groups excluding carboxylic acids is 2. The number of hydrogen-bond donors (Lipinski definition) is 2. The number of esters is 2. The van der Waals surface area contributed by atoms with E-state index in [0.29, 0.717) is 11.1 Å². The number of carboxylic acids is 2. The van der Waals surface area contributed by atoms with Crippen molar-refractivity contribution < 1.29 is 43.6 Å². The minimum Gasteiger partial charge on any atom is -0.478 e. The Hall–Kier alpha value is -3.46. The smallest absolute Gasteiger partial charge is 0.336 e. The topological polar surface area (TPSA) is 136 Å².